The first kappa shape index (κ1) is 13.6. The topological polar surface area (TPSA) is 48.1 Å². The van der Waals surface area contributed by atoms with Gasteiger partial charge in [-0.25, -0.2) is 0 Å². The zero-order valence-corrected chi connectivity index (χ0v) is 12.5. The van der Waals surface area contributed by atoms with Gasteiger partial charge in [-0.1, -0.05) is 6.92 Å². The highest BCUT2D eigenvalue weighted by atomic mass is 79.9. The monoisotopic (exact) mass is 313 g/mol. The van der Waals surface area contributed by atoms with Crippen molar-refractivity contribution in [3.63, 3.8) is 0 Å². The van der Waals surface area contributed by atoms with E-state index in [1.165, 1.54) is 0 Å². The van der Waals surface area contributed by atoms with Gasteiger partial charge in [-0.15, -0.1) is 0 Å². The molecule has 0 unspecified atom stereocenters. The SMILES string of the molecule is CN1CCC(C)(CNC(=O)c2cc(Br)c[nH]2)CC1. The van der Waals surface area contributed by atoms with Gasteiger partial charge in [-0.3, -0.25) is 4.79 Å². The van der Waals surface area contributed by atoms with Gasteiger partial charge >= 0.3 is 0 Å². The van der Waals surface area contributed by atoms with E-state index in [1.807, 2.05) is 0 Å². The van der Waals surface area contributed by atoms with Crippen LogP contribution in [0.15, 0.2) is 16.7 Å². The van der Waals surface area contributed by atoms with Crippen LogP contribution in [0, 0.1) is 5.41 Å². The first-order valence-corrected chi connectivity index (χ1v) is 7.08. The smallest absolute Gasteiger partial charge is 0.267 e. The minimum absolute atomic E-state index is 0.0270. The summed E-state index contributed by atoms with van der Waals surface area (Å²) >= 11 is 3.33. The van der Waals surface area contributed by atoms with Crippen LogP contribution in [0.5, 0.6) is 0 Å². The van der Waals surface area contributed by atoms with Gasteiger partial charge in [-0.05, 0) is 60.4 Å². The van der Waals surface area contributed by atoms with E-state index >= 15 is 0 Å². The molecule has 5 heteroatoms. The predicted octanol–water partition coefficient (Wildman–Crippen LogP) is 2.24. The number of H-pyrrole nitrogens is 1. The molecule has 1 aromatic heterocycles. The summed E-state index contributed by atoms with van der Waals surface area (Å²) in [6.45, 7) is 5.22. The normalized spacial score (nSPS) is 19.7. The summed E-state index contributed by atoms with van der Waals surface area (Å²) in [6.07, 6.45) is 4.04. The number of aromatic nitrogens is 1. The van der Waals surface area contributed by atoms with Crippen LogP contribution in [-0.2, 0) is 0 Å². The van der Waals surface area contributed by atoms with Crippen molar-refractivity contribution in [2.24, 2.45) is 5.41 Å². The summed E-state index contributed by atoms with van der Waals surface area (Å²) in [5.41, 5.74) is 0.838. The lowest BCUT2D eigenvalue weighted by atomic mass is 9.80. The first-order valence-electron chi connectivity index (χ1n) is 6.29. The Bertz CT molecular complexity index is 422. The second-order valence-electron chi connectivity index (χ2n) is 5.53. The Hall–Kier alpha value is -0.810. The second kappa shape index (κ2) is 5.45. The maximum Gasteiger partial charge on any atom is 0.267 e. The number of piperidine rings is 1. The van der Waals surface area contributed by atoms with E-state index in [4.69, 9.17) is 0 Å². The van der Waals surface area contributed by atoms with Gasteiger partial charge in [0.25, 0.3) is 5.91 Å². The zero-order valence-electron chi connectivity index (χ0n) is 10.9. The van der Waals surface area contributed by atoms with Crippen LogP contribution >= 0.6 is 15.9 Å². The maximum atomic E-state index is 11.9. The molecule has 1 aromatic rings. The predicted molar refractivity (Wildman–Crippen MR) is 75.7 cm³/mol. The highest BCUT2D eigenvalue weighted by Gasteiger charge is 2.29. The lowest BCUT2D eigenvalue weighted by Crippen LogP contribution is -2.43. The van der Waals surface area contributed by atoms with E-state index in [2.05, 4.69) is 45.1 Å². The molecular formula is C13H20BrN3O. The summed E-state index contributed by atoms with van der Waals surface area (Å²) in [5.74, 6) is -0.0270. The fourth-order valence-electron chi connectivity index (χ4n) is 2.22. The molecule has 2 heterocycles. The molecule has 1 fully saturated rings. The van der Waals surface area contributed by atoms with Crippen molar-refractivity contribution in [1.29, 1.82) is 0 Å². The number of halogens is 1. The largest absolute Gasteiger partial charge is 0.356 e. The van der Waals surface area contributed by atoms with Crippen molar-refractivity contribution in [2.45, 2.75) is 19.8 Å². The van der Waals surface area contributed by atoms with Crippen LogP contribution in [0.4, 0.5) is 0 Å². The first-order chi connectivity index (χ1) is 8.48. The standard InChI is InChI=1S/C13H20BrN3O/c1-13(3-5-17(2)6-4-13)9-16-12(18)11-7-10(14)8-15-11/h7-8,15H,3-6,9H2,1-2H3,(H,16,18). The van der Waals surface area contributed by atoms with E-state index in [0.717, 1.165) is 36.9 Å². The van der Waals surface area contributed by atoms with Crippen LogP contribution in [0.3, 0.4) is 0 Å². The number of likely N-dealkylation sites (tertiary alicyclic amines) is 1. The number of hydrogen-bond donors (Lipinski definition) is 2. The number of nitrogens with one attached hydrogen (secondary N) is 2. The Labute approximate surface area is 116 Å². The summed E-state index contributed by atoms with van der Waals surface area (Å²) in [6, 6.07) is 1.80. The third-order valence-corrected chi connectivity index (χ3v) is 4.22. The highest BCUT2D eigenvalue weighted by Crippen LogP contribution is 2.29. The molecular weight excluding hydrogens is 294 g/mol. The van der Waals surface area contributed by atoms with E-state index in [-0.39, 0.29) is 11.3 Å². The fourth-order valence-corrected chi connectivity index (χ4v) is 2.57. The quantitative estimate of drug-likeness (QED) is 0.899. The van der Waals surface area contributed by atoms with Gasteiger partial charge < -0.3 is 15.2 Å². The molecule has 1 amide bonds. The number of rotatable bonds is 3. The summed E-state index contributed by atoms with van der Waals surface area (Å²) in [4.78, 5) is 17.2. The number of carbonyl (C=O) groups excluding carboxylic acids is 1. The molecule has 100 valence electrons. The summed E-state index contributed by atoms with van der Waals surface area (Å²) < 4.78 is 0.901. The van der Waals surface area contributed by atoms with E-state index in [0.29, 0.717) is 5.69 Å². The van der Waals surface area contributed by atoms with Gasteiger partial charge in [0.15, 0.2) is 0 Å². The Morgan fingerprint density at radius 2 is 2.22 bits per heavy atom. The second-order valence-corrected chi connectivity index (χ2v) is 6.44. The van der Waals surface area contributed by atoms with E-state index < -0.39 is 0 Å². The third-order valence-electron chi connectivity index (χ3n) is 3.76. The zero-order chi connectivity index (χ0) is 13.2. The number of hydrogen-bond acceptors (Lipinski definition) is 2. The molecule has 2 rings (SSSR count). The Balaban J connectivity index is 1.86. The number of aromatic amines is 1. The van der Waals surface area contributed by atoms with Crippen molar-refractivity contribution in [1.82, 2.24) is 15.2 Å². The van der Waals surface area contributed by atoms with E-state index in [9.17, 15) is 4.79 Å². The van der Waals surface area contributed by atoms with Crippen LogP contribution in [0.2, 0.25) is 0 Å². The lowest BCUT2D eigenvalue weighted by molar-refractivity contribution is 0.0887. The Kier molecular flexibility index (Phi) is 4.12. The average molecular weight is 314 g/mol. The third kappa shape index (κ3) is 3.36. The van der Waals surface area contributed by atoms with Crippen LogP contribution in [0.1, 0.15) is 30.3 Å². The molecule has 1 aliphatic rings. The van der Waals surface area contributed by atoms with Crippen molar-refractivity contribution in [3.8, 4) is 0 Å². The Morgan fingerprint density at radius 3 is 2.78 bits per heavy atom. The minimum atomic E-state index is -0.0270. The highest BCUT2D eigenvalue weighted by molar-refractivity contribution is 9.10. The number of amides is 1. The van der Waals surface area contributed by atoms with Gasteiger partial charge in [0.2, 0.25) is 0 Å². The fraction of sp³-hybridized carbons (Fsp3) is 0.615. The van der Waals surface area contributed by atoms with Gasteiger partial charge in [-0.2, -0.15) is 0 Å². The molecule has 0 spiro atoms. The molecule has 0 aromatic carbocycles. The Morgan fingerprint density at radius 1 is 1.56 bits per heavy atom. The van der Waals surface area contributed by atoms with Crippen molar-refractivity contribution in [3.05, 3.63) is 22.4 Å². The lowest BCUT2D eigenvalue weighted by Gasteiger charge is -2.37. The number of carbonyl (C=O) groups is 1. The van der Waals surface area contributed by atoms with Crippen LogP contribution in [0.25, 0.3) is 0 Å². The summed E-state index contributed by atoms with van der Waals surface area (Å²) in [5, 5.41) is 3.03. The molecule has 0 saturated carbocycles. The maximum absolute atomic E-state index is 11.9. The van der Waals surface area contributed by atoms with Crippen molar-refractivity contribution in [2.75, 3.05) is 26.7 Å². The van der Waals surface area contributed by atoms with Gasteiger partial charge in [0, 0.05) is 17.2 Å². The molecule has 0 bridgehead atoms. The summed E-state index contributed by atoms with van der Waals surface area (Å²) in [7, 11) is 2.15. The van der Waals surface area contributed by atoms with Gasteiger partial charge in [0.1, 0.15) is 5.69 Å². The molecule has 18 heavy (non-hydrogen) atoms. The average Bonchev–Trinajstić information content (AvgIpc) is 2.77. The molecule has 0 aliphatic carbocycles. The molecule has 1 aliphatic heterocycles. The number of nitrogens with zero attached hydrogens (tertiary/aromatic N) is 1. The van der Waals surface area contributed by atoms with Crippen LogP contribution < -0.4 is 5.32 Å². The van der Waals surface area contributed by atoms with Gasteiger partial charge in [0.05, 0.1) is 0 Å². The molecule has 1 saturated heterocycles. The van der Waals surface area contributed by atoms with Crippen molar-refractivity contribution >= 4 is 21.8 Å². The van der Waals surface area contributed by atoms with E-state index in [1.54, 1.807) is 12.3 Å². The molecule has 0 atom stereocenters. The molecule has 2 N–H and O–H groups in total. The molecule has 0 radical (unpaired) electrons. The van der Waals surface area contributed by atoms with Crippen molar-refractivity contribution < 1.29 is 4.79 Å². The van der Waals surface area contributed by atoms with Crippen LogP contribution in [-0.4, -0.2) is 42.5 Å². The molecule has 4 nitrogen and oxygen atoms in total. The minimum Gasteiger partial charge on any atom is -0.356 e.